The first kappa shape index (κ1) is 47.6. The van der Waals surface area contributed by atoms with Crippen LogP contribution >= 0.6 is 0 Å². The smallest absolute Gasteiger partial charge is 0.317 e. The number of esters is 1. The van der Waals surface area contributed by atoms with Gasteiger partial charge in [-0.2, -0.15) is 0 Å². The van der Waals surface area contributed by atoms with E-state index in [2.05, 4.69) is 0 Å². The van der Waals surface area contributed by atoms with Crippen molar-refractivity contribution in [3.63, 3.8) is 0 Å². The maximum absolute atomic E-state index is 11.8. The van der Waals surface area contributed by atoms with Crippen LogP contribution in [0.3, 0.4) is 0 Å². The summed E-state index contributed by atoms with van der Waals surface area (Å²) in [6.07, 6.45) is -34.8. The number of aliphatic hydroxyl groups excluding tert-OH is 13. The van der Waals surface area contributed by atoms with Crippen LogP contribution in [0.15, 0.2) is 0 Å². The van der Waals surface area contributed by atoms with Gasteiger partial charge in [0.05, 0.1) is 43.0 Å². The Morgan fingerprint density at radius 3 is 1.85 bits per heavy atom. The van der Waals surface area contributed by atoms with Gasteiger partial charge in [0.25, 0.3) is 0 Å². The number of hydrogen-bond donors (Lipinski definition) is 14. The van der Waals surface area contributed by atoms with Crippen LogP contribution in [0.25, 0.3) is 0 Å². The lowest BCUT2D eigenvalue weighted by Crippen LogP contribution is -2.66. The van der Waals surface area contributed by atoms with Crippen molar-refractivity contribution in [2.75, 3.05) is 13.2 Å². The number of hydrogen-bond acceptors (Lipinski definition) is 22. The van der Waals surface area contributed by atoms with E-state index < -0.39 is 184 Å². The van der Waals surface area contributed by atoms with Gasteiger partial charge in [-0.3, -0.25) is 9.59 Å². The molecule has 6 rings (SSSR count). The van der Waals surface area contributed by atoms with Crippen molar-refractivity contribution in [3.05, 3.63) is 0 Å². The molecule has 6 fully saturated rings. The average molecular weight is 876 g/mol. The Kier molecular flexibility index (Phi) is 15.8. The second kappa shape index (κ2) is 19.9. The van der Waals surface area contributed by atoms with E-state index in [0.717, 1.165) is 0 Å². The quantitative estimate of drug-likeness (QED) is 0.0492. The van der Waals surface area contributed by atoms with Gasteiger partial charge in [0.15, 0.2) is 31.1 Å². The van der Waals surface area contributed by atoms with Crippen molar-refractivity contribution in [2.24, 2.45) is 11.8 Å². The van der Waals surface area contributed by atoms with E-state index >= 15 is 0 Å². The summed E-state index contributed by atoms with van der Waals surface area (Å²) in [4.78, 5) is 22.6. The fourth-order valence-electron chi connectivity index (χ4n) is 9.12. The summed E-state index contributed by atoms with van der Waals surface area (Å²) in [6, 6.07) is 0. The molecule has 4 heterocycles. The van der Waals surface area contributed by atoms with Crippen molar-refractivity contribution in [1.29, 1.82) is 0 Å². The van der Waals surface area contributed by atoms with E-state index in [-0.39, 0.29) is 32.1 Å². The van der Waals surface area contributed by atoms with Gasteiger partial charge in [0.1, 0.15) is 92.4 Å². The van der Waals surface area contributed by atoms with E-state index in [1.54, 1.807) is 0 Å². The highest BCUT2D eigenvalue weighted by atomic mass is 16.8. The van der Waals surface area contributed by atoms with E-state index in [9.17, 15) is 76.0 Å². The van der Waals surface area contributed by atoms with Gasteiger partial charge in [-0.1, -0.05) is 0 Å². The SMILES string of the molecule is CC1OC(OC2C(OC3CC4C(O)CC(OC5OC(COC(=O)CC(=O)O)C(O)C(O)C5O)CC4[OH+]C3C3CC(O)C(O)C(O)C3)OC(CO)C(O)C2O)C(O)C(O)C1O. The molecule has 0 aromatic carbocycles. The summed E-state index contributed by atoms with van der Waals surface area (Å²) in [5.74, 6) is -3.96. The Morgan fingerprint density at radius 2 is 1.22 bits per heavy atom. The first-order valence-electron chi connectivity index (χ1n) is 20.1. The summed E-state index contributed by atoms with van der Waals surface area (Å²) >= 11 is 0. The number of carboxylic acid groups (broad SMARTS) is 1. The molecule has 346 valence electrons. The topological polar surface area (TPSA) is 395 Å². The van der Waals surface area contributed by atoms with Gasteiger partial charge in [-0.05, 0) is 26.2 Å². The maximum Gasteiger partial charge on any atom is 0.317 e. The van der Waals surface area contributed by atoms with Crippen LogP contribution in [0.4, 0.5) is 0 Å². The molecular weight excluding hydrogens is 816 g/mol. The van der Waals surface area contributed by atoms with Crippen LogP contribution in [0.2, 0.25) is 0 Å². The average Bonchev–Trinajstić information content (AvgIpc) is 3.19. The van der Waals surface area contributed by atoms with Crippen LogP contribution in [-0.2, 0) is 42.7 Å². The number of carbonyl (C=O) groups excluding carboxylic acids is 1. The molecule has 0 amide bonds. The van der Waals surface area contributed by atoms with Gasteiger partial charge < -0.3 is 109 Å². The largest absolute Gasteiger partial charge is 0.481 e. The Hall–Kier alpha value is -1.86. The number of rotatable bonds is 12. The van der Waals surface area contributed by atoms with E-state index in [1.165, 1.54) is 6.92 Å². The van der Waals surface area contributed by atoms with Crippen LogP contribution < -0.4 is 0 Å². The third kappa shape index (κ3) is 10.2. The zero-order valence-electron chi connectivity index (χ0n) is 32.5. The third-order valence-electron chi connectivity index (χ3n) is 12.5. The van der Waals surface area contributed by atoms with Crippen LogP contribution in [0, 0.1) is 11.8 Å². The van der Waals surface area contributed by atoms with E-state index in [0.29, 0.717) is 0 Å². The fourth-order valence-corrected chi connectivity index (χ4v) is 9.12. The fraction of sp³-hybridized carbons (Fsp3) is 0.944. The van der Waals surface area contributed by atoms with Crippen molar-refractivity contribution in [3.8, 4) is 0 Å². The van der Waals surface area contributed by atoms with Gasteiger partial charge in [-0.25, -0.2) is 0 Å². The lowest BCUT2D eigenvalue weighted by Gasteiger charge is -2.50. The number of fused-ring (bicyclic) bond motifs is 1. The van der Waals surface area contributed by atoms with Crippen molar-refractivity contribution in [2.45, 2.75) is 186 Å². The second-order valence-electron chi connectivity index (χ2n) is 16.7. The summed E-state index contributed by atoms with van der Waals surface area (Å²) < 4.78 is 45.2. The molecule has 24 nitrogen and oxygen atoms in total. The molecule has 23 atom stereocenters. The van der Waals surface area contributed by atoms with Crippen molar-refractivity contribution >= 4 is 11.9 Å². The molecule has 2 saturated carbocycles. The number of ether oxygens (including phenoxy) is 8. The summed E-state index contributed by atoms with van der Waals surface area (Å²) in [5, 5.41) is 147. The first-order chi connectivity index (χ1) is 28.3. The molecule has 24 heteroatoms. The van der Waals surface area contributed by atoms with Crippen molar-refractivity contribution in [1.82, 2.24) is 0 Å². The Bertz CT molecular complexity index is 1420. The van der Waals surface area contributed by atoms with Gasteiger partial charge in [-0.15, -0.1) is 0 Å². The molecule has 0 bridgehead atoms. The molecule has 4 saturated heterocycles. The zero-order valence-corrected chi connectivity index (χ0v) is 32.5. The Labute approximate surface area is 342 Å². The summed E-state index contributed by atoms with van der Waals surface area (Å²) in [6.45, 7) is -0.0801. The molecule has 2 aliphatic carbocycles. The predicted molar refractivity (Wildman–Crippen MR) is 189 cm³/mol. The first-order valence-corrected chi connectivity index (χ1v) is 20.1. The molecule has 0 aromatic rings. The van der Waals surface area contributed by atoms with Gasteiger partial charge in [0, 0.05) is 18.8 Å². The number of aliphatic carboxylic acids is 1. The number of carboxylic acids is 1. The minimum Gasteiger partial charge on any atom is -0.481 e. The Balaban J connectivity index is 1.20. The molecule has 6 aliphatic rings. The van der Waals surface area contributed by atoms with Gasteiger partial charge >= 0.3 is 11.9 Å². The summed E-state index contributed by atoms with van der Waals surface area (Å²) in [5.41, 5.74) is 0. The number of carbonyl (C=O) groups is 2. The molecule has 0 spiro atoms. The van der Waals surface area contributed by atoms with Crippen LogP contribution in [-0.4, -0.2) is 242 Å². The molecule has 0 radical (unpaired) electrons. The number of aliphatic hydroxyl groups is 15. The lowest BCUT2D eigenvalue weighted by atomic mass is 9.72. The molecular formula is C36H59O24+. The molecule has 15 N–H and O–H groups in total. The monoisotopic (exact) mass is 875 g/mol. The molecule has 60 heavy (non-hydrogen) atoms. The molecule has 4 aliphatic heterocycles. The van der Waals surface area contributed by atoms with Crippen LogP contribution in [0.1, 0.15) is 45.4 Å². The highest BCUT2D eigenvalue weighted by Gasteiger charge is 2.58. The van der Waals surface area contributed by atoms with Gasteiger partial charge in [0.2, 0.25) is 0 Å². The van der Waals surface area contributed by atoms with E-state index in [1.807, 2.05) is 0 Å². The third-order valence-corrected chi connectivity index (χ3v) is 12.5. The standard InChI is InChI=1S/C36H58O24/c1-10-23(44)27(48)30(51)34(54-10)60-33-29(50)25(46)19(8-37)58-36(33)57-18-6-13-14(38)4-12(5-17(13)56-32(18)11-2-15(39)24(45)16(40)3-11)55-35-31(52)28(49)26(47)20(59-35)9-53-22(43)7-21(41)42/h10-20,23-40,44-52H,2-9H2,1H3,(H,41,42)/p+1. The second-order valence-corrected chi connectivity index (χ2v) is 16.7. The van der Waals surface area contributed by atoms with Crippen molar-refractivity contribution < 1.29 is 119 Å². The Morgan fingerprint density at radius 1 is 0.617 bits per heavy atom. The summed E-state index contributed by atoms with van der Waals surface area (Å²) in [7, 11) is 0. The zero-order chi connectivity index (χ0) is 43.9. The van der Waals surface area contributed by atoms with E-state index in [4.69, 9.17) is 43.0 Å². The minimum atomic E-state index is -1.85. The lowest BCUT2D eigenvalue weighted by molar-refractivity contribution is -0.387. The highest BCUT2D eigenvalue weighted by molar-refractivity contribution is 5.90. The normalized spacial score (nSPS) is 51.3. The van der Waals surface area contributed by atoms with Crippen LogP contribution in [0.5, 0.6) is 0 Å². The molecule has 0 aromatic heterocycles. The highest BCUT2D eigenvalue weighted by Crippen LogP contribution is 2.44. The maximum atomic E-state index is 11.8. The minimum absolute atomic E-state index is 0.00865. The molecule has 23 unspecified atom stereocenters. The predicted octanol–water partition coefficient (Wildman–Crippen LogP) is -7.83.